The van der Waals surface area contributed by atoms with Gasteiger partial charge in [-0.1, -0.05) is 158 Å². The lowest BCUT2D eigenvalue weighted by Crippen LogP contribution is -2.74. The second kappa shape index (κ2) is 14.9. The third-order valence-electron chi connectivity index (χ3n) is 12.5. The molecule has 3 heteroatoms. The van der Waals surface area contributed by atoms with Gasteiger partial charge in [-0.25, -0.2) is 0 Å². The monoisotopic (exact) mass is 777 g/mol. The molecular formula is C56H47NOSi. The quantitative estimate of drug-likeness (QED) is 0.0854. The molecular weight excluding hydrogens is 731 g/mol. The van der Waals surface area contributed by atoms with Crippen LogP contribution < -0.4 is 20.7 Å². The van der Waals surface area contributed by atoms with Gasteiger partial charge in [0.25, 0.3) is 0 Å². The lowest BCUT2D eigenvalue weighted by molar-refractivity contribution is 0.669. The Morgan fingerprint density at radius 2 is 1.20 bits per heavy atom. The topological polar surface area (TPSA) is 18.1 Å². The molecule has 59 heavy (non-hydrogen) atoms. The van der Waals surface area contributed by atoms with E-state index in [1.807, 2.05) is 0 Å². The fourth-order valence-electron chi connectivity index (χ4n) is 9.70. The van der Waals surface area contributed by atoms with Crippen LogP contribution in [0.15, 0.2) is 204 Å². The van der Waals surface area contributed by atoms with Gasteiger partial charge in [-0.2, -0.15) is 0 Å². The van der Waals surface area contributed by atoms with Crippen molar-refractivity contribution in [3.05, 3.63) is 211 Å². The Morgan fingerprint density at radius 1 is 0.610 bits per heavy atom. The summed E-state index contributed by atoms with van der Waals surface area (Å²) in [4.78, 5) is 0. The molecule has 10 rings (SSSR count). The van der Waals surface area contributed by atoms with Crippen molar-refractivity contribution in [3.63, 3.8) is 0 Å². The molecule has 1 unspecified atom stereocenters. The minimum absolute atomic E-state index is 0.475. The van der Waals surface area contributed by atoms with Gasteiger partial charge in [0, 0.05) is 27.2 Å². The average molecular weight is 778 g/mol. The van der Waals surface area contributed by atoms with Crippen molar-refractivity contribution >= 4 is 83.7 Å². The van der Waals surface area contributed by atoms with Crippen molar-refractivity contribution in [1.82, 2.24) is 4.57 Å². The van der Waals surface area contributed by atoms with Gasteiger partial charge in [-0.05, 0) is 125 Å². The van der Waals surface area contributed by atoms with Crippen LogP contribution in [0.3, 0.4) is 0 Å². The average Bonchev–Trinajstić information content (AvgIpc) is 3.81. The van der Waals surface area contributed by atoms with Gasteiger partial charge in [0.1, 0.15) is 11.2 Å². The standard InChI is InChI=1S/C56H47NOSi/c1-5-17-47(38(2)3)40-26-30-53-49(34-40)50-35-41(48-25-16-15-18-39(48)4)27-31-54(50)57(53)42-28-32-55-51(36-42)52-37-46(29-33-56(52)58-55)59(43-19-9-6-10-20-43,44-21-11-7-12-22-44)45-23-13-8-14-24-45/h5-17,19-37,39H,18H2,1-4H3. The van der Waals surface area contributed by atoms with Gasteiger partial charge in [-0.15, -0.1) is 0 Å². The van der Waals surface area contributed by atoms with Crippen molar-refractivity contribution in [3.8, 4) is 5.69 Å². The molecule has 2 heterocycles. The third kappa shape index (κ3) is 6.08. The number of nitrogens with zero attached hydrogens (tertiary/aromatic N) is 1. The molecule has 0 radical (unpaired) electrons. The van der Waals surface area contributed by atoms with Crippen LogP contribution >= 0.6 is 0 Å². The predicted octanol–water partition coefficient (Wildman–Crippen LogP) is 12.4. The maximum Gasteiger partial charge on any atom is 0.179 e. The van der Waals surface area contributed by atoms with Crippen molar-refractivity contribution in [2.24, 2.45) is 5.92 Å². The summed E-state index contributed by atoms with van der Waals surface area (Å²) in [5, 5.41) is 10.2. The molecule has 1 aliphatic carbocycles. The van der Waals surface area contributed by atoms with Crippen LogP contribution in [0, 0.1) is 5.92 Å². The van der Waals surface area contributed by atoms with E-state index in [0.29, 0.717) is 5.92 Å². The van der Waals surface area contributed by atoms with Crippen LogP contribution in [-0.2, 0) is 0 Å². The van der Waals surface area contributed by atoms with Crippen molar-refractivity contribution in [2.45, 2.75) is 34.1 Å². The maximum absolute atomic E-state index is 6.65. The first-order chi connectivity index (χ1) is 28.9. The molecule has 1 atom stereocenters. The number of benzene rings is 7. The van der Waals surface area contributed by atoms with Gasteiger partial charge in [0.2, 0.25) is 0 Å². The van der Waals surface area contributed by atoms with E-state index in [1.165, 1.54) is 70.4 Å². The molecule has 0 N–H and O–H groups in total. The van der Waals surface area contributed by atoms with E-state index >= 15 is 0 Å². The molecule has 2 aromatic heterocycles. The molecule has 9 aromatic rings. The van der Waals surface area contributed by atoms with E-state index in [1.54, 1.807) is 0 Å². The van der Waals surface area contributed by atoms with Crippen LogP contribution in [0.25, 0.3) is 60.6 Å². The van der Waals surface area contributed by atoms with E-state index in [0.717, 1.165) is 34.0 Å². The van der Waals surface area contributed by atoms with Gasteiger partial charge < -0.3 is 8.98 Å². The van der Waals surface area contributed by atoms with Crippen molar-refractivity contribution in [2.75, 3.05) is 0 Å². The Morgan fingerprint density at radius 3 is 1.81 bits per heavy atom. The minimum atomic E-state index is -2.74. The summed E-state index contributed by atoms with van der Waals surface area (Å²) in [6, 6.07) is 61.2. The fourth-order valence-corrected chi connectivity index (χ4v) is 14.5. The highest BCUT2D eigenvalue weighted by molar-refractivity contribution is 7.20. The maximum atomic E-state index is 6.65. The Hall–Kier alpha value is -6.68. The largest absolute Gasteiger partial charge is 0.456 e. The Labute approximate surface area is 347 Å². The zero-order valence-corrected chi connectivity index (χ0v) is 35.1. The zero-order chi connectivity index (χ0) is 40.1. The van der Waals surface area contributed by atoms with Crippen LogP contribution in [0.5, 0.6) is 0 Å². The number of hydrogen-bond acceptors (Lipinski definition) is 1. The van der Waals surface area contributed by atoms with E-state index in [-0.39, 0.29) is 0 Å². The van der Waals surface area contributed by atoms with Crippen molar-refractivity contribution in [1.29, 1.82) is 0 Å². The summed E-state index contributed by atoms with van der Waals surface area (Å²) >= 11 is 0. The smallest absolute Gasteiger partial charge is 0.179 e. The van der Waals surface area contributed by atoms with Gasteiger partial charge in [-0.3, -0.25) is 0 Å². The highest BCUT2D eigenvalue weighted by Crippen LogP contribution is 2.39. The minimum Gasteiger partial charge on any atom is -0.456 e. The normalized spacial score (nSPS) is 14.5. The van der Waals surface area contributed by atoms with Crippen LogP contribution in [0.2, 0.25) is 0 Å². The summed E-state index contributed by atoms with van der Waals surface area (Å²) in [6.07, 6.45) is 12.2. The highest BCUT2D eigenvalue weighted by Gasteiger charge is 2.41. The summed E-state index contributed by atoms with van der Waals surface area (Å²) < 4.78 is 9.10. The number of allylic oxidation sites excluding steroid dienone is 8. The molecule has 0 fully saturated rings. The van der Waals surface area contributed by atoms with Crippen LogP contribution in [0.1, 0.15) is 45.2 Å². The number of rotatable bonds is 8. The Bertz CT molecular complexity index is 3060. The molecule has 0 aliphatic heterocycles. The molecule has 0 saturated heterocycles. The number of furan rings is 1. The summed E-state index contributed by atoms with van der Waals surface area (Å²) in [5.74, 6) is 0.475. The van der Waals surface area contributed by atoms with Gasteiger partial charge >= 0.3 is 0 Å². The first-order valence-electron chi connectivity index (χ1n) is 20.9. The zero-order valence-electron chi connectivity index (χ0n) is 34.1. The predicted molar refractivity (Wildman–Crippen MR) is 256 cm³/mol. The molecule has 0 amide bonds. The molecule has 286 valence electrons. The second-order valence-corrected chi connectivity index (χ2v) is 20.1. The molecule has 0 bridgehead atoms. The van der Waals surface area contributed by atoms with Crippen LogP contribution in [0.4, 0.5) is 0 Å². The highest BCUT2D eigenvalue weighted by atomic mass is 28.3. The summed E-state index contributed by atoms with van der Waals surface area (Å²) in [5.41, 5.74) is 11.8. The number of aromatic nitrogens is 1. The first kappa shape index (κ1) is 36.6. The SMILES string of the molecule is CC=CC(=C(C)C)c1ccc2c(c1)c1cc(C3=CC=CCC3C)ccc1n2-c1ccc2oc3ccc([Si](c4ccccc4)(c4ccccc4)c4ccccc4)cc3c2c1. The molecule has 0 saturated carbocycles. The van der Waals surface area contributed by atoms with E-state index in [9.17, 15) is 0 Å². The Balaban J connectivity index is 1.22. The summed E-state index contributed by atoms with van der Waals surface area (Å²) in [7, 11) is -2.74. The molecule has 7 aromatic carbocycles. The lowest BCUT2D eigenvalue weighted by Gasteiger charge is -2.34. The van der Waals surface area contributed by atoms with Gasteiger partial charge in [0.15, 0.2) is 8.07 Å². The second-order valence-electron chi connectivity index (χ2n) is 16.2. The number of fused-ring (bicyclic) bond motifs is 6. The van der Waals surface area contributed by atoms with Gasteiger partial charge in [0.05, 0.1) is 11.0 Å². The lowest BCUT2D eigenvalue weighted by atomic mass is 9.87. The molecule has 2 nitrogen and oxygen atoms in total. The van der Waals surface area contributed by atoms with E-state index in [2.05, 4.69) is 226 Å². The Kier molecular flexibility index (Phi) is 9.27. The summed E-state index contributed by atoms with van der Waals surface area (Å²) in [6.45, 7) is 8.83. The molecule has 0 spiro atoms. The van der Waals surface area contributed by atoms with Crippen LogP contribution in [-0.4, -0.2) is 12.6 Å². The fraction of sp³-hybridized carbons (Fsp3) is 0.107. The number of hydrogen-bond donors (Lipinski definition) is 0. The van der Waals surface area contributed by atoms with E-state index < -0.39 is 8.07 Å². The third-order valence-corrected chi connectivity index (χ3v) is 17.3. The molecule has 1 aliphatic rings. The first-order valence-corrected chi connectivity index (χ1v) is 22.9. The van der Waals surface area contributed by atoms with E-state index in [4.69, 9.17) is 4.42 Å². The van der Waals surface area contributed by atoms with Crippen molar-refractivity contribution < 1.29 is 4.42 Å².